The van der Waals surface area contributed by atoms with E-state index in [4.69, 9.17) is 15.3 Å². The first-order chi connectivity index (χ1) is 10.2. The van der Waals surface area contributed by atoms with Crippen LogP contribution in [0.2, 0.25) is 0 Å². The smallest absolute Gasteiger partial charge is 0.170 e. The number of nitrogens with one attached hydrogen (secondary N) is 1. The second kappa shape index (κ2) is 7.06. The fourth-order valence-corrected chi connectivity index (χ4v) is 2.22. The molecule has 0 saturated carbocycles. The first-order valence-corrected chi connectivity index (χ1v) is 6.72. The first kappa shape index (κ1) is 15.3. The van der Waals surface area contributed by atoms with Crippen LogP contribution in [0.4, 0.5) is 4.39 Å². The minimum atomic E-state index is -0.486. The van der Waals surface area contributed by atoms with Gasteiger partial charge in [0.15, 0.2) is 11.6 Å². The highest BCUT2D eigenvalue weighted by Crippen LogP contribution is 2.30. The minimum Gasteiger partial charge on any atom is -0.494 e. The van der Waals surface area contributed by atoms with Gasteiger partial charge in [0.1, 0.15) is 5.75 Å². The van der Waals surface area contributed by atoms with Crippen LogP contribution >= 0.6 is 0 Å². The van der Waals surface area contributed by atoms with Crippen molar-refractivity contribution in [3.05, 3.63) is 59.4 Å². The summed E-state index contributed by atoms with van der Waals surface area (Å²) >= 11 is 0. The molecule has 0 aliphatic rings. The van der Waals surface area contributed by atoms with E-state index in [-0.39, 0.29) is 5.75 Å². The van der Waals surface area contributed by atoms with Crippen molar-refractivity contribution in [1.29, 1.82) is 0 Å². The number of ether oxygens (including phenoxy) is 2. The van der Waals surface area contributed by atoms with Crippen molar-refractivity contribution >= 4 is 0 Å². The van der Waals surface area contributed by atoms with E-state index < -0.39 is 11.9 Å². The highest BCUT2D eigenvalue weighted by atomic mass is 19.1. The molecule has 0 heterocycles. The third-order valence-electron chi connectivity index (χ3n) is 3.19. The van der Waals surface area contributed by atoms with Gasteiger partial charge in [0.2, 0.25) is 0 Å². The Labute approximate surface area is 123 Å². The summed E-state index contributed by atoms with van der Waals surface area (Å²) in [6, 6.07) is 11.9. The maximum absolute atomic E-state index is 14.4. The summed E-state index contributed by atoms with van der Waals surface area (Å²) in [6.07, 6.45) is 0. The second-order valence-electron chi connectivity index (χ2n) is 4.47. The number of hydrogen-bond donors (Lipinski definition) is 2. The molecule has 1 unspecified atom stereocenters. The van der Waals surface area contributed by atoms with Crippen molar-refractivity contribution in [3.63, 3.8) is 0 Å². The van der Waals surface area contributed by atoms with Gasteiger partial charge in [-0.2, -0.15) is 0 Å². The minimum absolute atomic E-state index is 0.189. The molecule has 4 nitrogen and oxygen atoms in total. The van der Waals surface area contributed by atoms with Crippen LogP contribution < -0.4 is 20.7 Å². The van der Waals surface area contributed by atoms with Gasteiger partial charge in [-0.1, -0.05) is 24.3 Å². The first-order valence-electron chi connectivity index (χ1n) is 6.72. The van der Waals surface area contributed by atoms with Crippen LogP contribution in [0.25, 0.3) is 0 Å². The lowest BCUT2D eigenvalue weighted by atomic mass is 9.98. The van der Waals surface area contributed by atoms with E-state index in [2.05, 4.69) is 5.43 Å². The van der Waals surface area contributed by atoms with Crippen molar-refractivity contribution < 1.29 is 13.9 Å². The number of nitrogens with two attached hydrogens (primary N) is 1. The average Bonchev–Trinajstić information content (AvgIpc) is 2.50. The zero-order valence-corrected chi connectivity index (χ0v) is 12.1. The molecule has 1 atom stereocenters. The van der Waals surface area contributed by atoms with E-state index in [1.165, 1.54) is 7.11 Å². The number of hydrazine groups is 1. The summed E-state index contributed by atoms with van der Waals surface area (Å²) in [5, 5.41) is 0. The zero-order chi connectivity index (χ0) is 15.2. The third kappa shape index (κ3) is 3.32. The molecule has 112 valence electrons. The average molecular weight is 290 g/mol. The van der Waals surface area contributed by atoms with Gasteiger partial charge >= 0.3 is 0 Å². The highest BCUT2D eigenvalue weighted by Gasteiger charge is 2.19. The van der Waals surface area contributed by atoms with Crippen molar-refractivity contribution in [2.45, 2.75) is 13.0 Å². The molecule has 2 rings (SSSR count). The number of benzene rings is 2. The predicted molar refractivity (Wildman–Crippen MR) is 79.7 cm³/mol. The summed E-state index contributed by atoms with van der Waals surface area (Å²) in [5.74, 6) is 6.11. The van der Waals surface area contributed by atoms with E-state index in [1.54, 1.807) is 18.2 Å². The van der Waals surface area contributed by atoms with Gasteiger partial charge in [0, 0.05) is 5.56 Å². The molecule has 2 aromatic rings. The Morgan fingerprint density at radius 1 is 1.24 bits per heavy atom. The molecule has 0 spiro atoms. The van der Waals surface area contributed by atoms with Gasteiger partial charge in [-0.25, -0.2) is 9.82 Å². The maximum atomic E-state index is 14.4. The van der Waals surface area contributed by atoms with Gasteiger partial charge in [0.25, 0.3) is 0 Å². The molecule has 0 aliphatic carbocycles. The largest absolute Gasteiger partial charge is 0.494 e. The van der Waals surface area contributed by atoms with Crippen molar-refractivity contribution in [3.8, 4) is 11.5 Å². The van der Waals surface area contributed by atoms with Crippen LogP contribution in [0.3, 0.4) is 0 Å². The van der Waals surface area contributed by atoms with Gasteiger partial charge < -0.3 is 9.47 Å². The Hall–Kier alpha value is -2.11. The number of hydrogen-bond acceptors (Lipinski definition) is 4. The Morgan fingerprint density at radius 3 is 2.67 bits per heavy atom. The third-order valence-corrected chi connectivity index (χ3v) is 3.19. The number of rotatable bonds is 6. The van der Waals surface area contributed by atoms with Crippen LogP contribution in [0.15, 0.2) is 42.5 Å². The van der Waals surface area contributed by atoms with E-state index in [1.807, 2.05) is 31.2 Å². The molecule has 0 bridgehead atoms. The molecule has 3 N–H and O–H groups in total. The molecule has 21 heavy (non-hydrogen) atoms. The maximum Gasteiger partial charge on any atom is 0.170 e. The molecule has 0 amide bonds. The van der Waals surface area contributed by atoms with Crippen molar-refractivity contribution in [1.82, 2.24) is 5.43 Å². The fraction of sp³-hybridized carbons (Fsp3) is 0.250. The molecular formula is C16H19FN2O2. The SMILES string of the molecule is CCOc1cccc(C(NN)c2cccc(OC)c2F)c1. The second-order valence-corrected chi connectivity index (χ2v) is 4.47. The Kier molecular flexibility index (Phi) is 5.14. The number of methoxy groups -OCH3 is 1. The molecule has 0 fully saturated rings. The molecule has 5 heteroatoms. The lowest BCUT2D eigenvalue weighted by Gasteiger charge is -2.19. The molecule has 0 saturated heterocycles. The van der Waals surface area contributed by atoms with Gasteiger partial charge in [0.05, 0.1) is 19.8 Å². The van der Waals surface area contributed by atoms with Crippen LogP contribution in [-0.2, 0) is 0 Å². The van der Waals surface area contributed by atoms with Crippen LogP contribution in [0.1, 0.15) is 24.1 Å². The Bertz CT molecular complexity index is 605. The normalized spacial score (nSPS) is 12.0. The predicted octanol–water partition coefficient (Wildman–Crippen LogP) is 2.79. The van der Waals surface area contributed by atoms with Crippen molar-refractivity contribution in [2.24, 2.45) is 5.84 Å². The monoisotopic (exact) mass is 290 g/mol. The van der Waals surface area contributed by atoms with Crippen LogP contribution in [0, 0.1) is 5.82 Å². The van der Waals surface area contributed by atoms with Gasteiger partial charge in [-0.05, 0) is 30.7 Å². The van der Waals surface area contributed by atoms with E-state index >= 15 is 0 Å². The Morgan fingerprint density at radius 2 is 2.00 bits per heavy atom. The van der Waals surface area contributed by atoms with Crippen LogP contribution in [0.5, 0.6) is 11.5 Å². The molecule has 0 aromatic heterocycles. The summed E-state index contributed by atoms with van der Waals surface area (Å²) in [4.78, 5) is 0. The molecule has 2 aromatic carbocycles. The summed E-state index contributed by atoms with van der Waals surface area (Å²) < 4.78 is 24.9. The summed E-state index contributed by atoms with van der Waals surface area (Å²) in [6.45, 7) is 2.48. The standard InChI is InChI=1S/C16H19FN2O2/c1-3-21-12-7-4-6-11(10-12)16(19-18)13-8-5-9-14(20-2)15(13)17/h4-10,16,19H,3,18H2,1-2H3. The topological polar surface area (TPSA) is 56.5 Å². The van der Waals surface area contributed by atoms with Crippen molar-refractivity contribution in [2.75, 3.05) is 13.7 Å². The number of halogens is 1. The van der Waals surface area contributed by atoms with E-state index in [0.29, 0.717) is 12.2 Å². The zero-order valence-electron chi connectivity index (χ0n) is 12.1. The quantitative estimate of drug-likeness (QED) is 0.634. The molecular weight excluding hydrogens is 271 g/mol. The molecule has 0 aliphatic heterocycles. The lowest BCUT2D eigenvalue weighted by Crippen LogP contribution is -2.29. The summed E-state index contributed by atoms with van der Waals surface area (Å²) in [7, 11) is 1.43. The molecule has 0 radical (unpaired) electrons. The summed E-state index contributed by atoms with van der Waals surface area (Å²) in [5.41, 5.74) is 3.88. The van der Waals surface area contributed by atoms with Gasteiger partial charge in [-0.15, -0.1) is 0 Å². The van der Waals surface area contributed by atoms with E-state index in [0.717, 1.165) is 11.3 Å². The van der Waals surface area contributed by atoms with Crippen LogP contribution in [-0.4, -0.2) is 13.7 Å². The van der Waals surface area contributed by atoms with Gasteiger partial charge in [-0.3, -0.25) is 5.84 Å². The van der Waals surface area contributed by atoms with E-state index in [9.17, 15) is 4.39 Å². The highest BCUT2D eigenvalue weighted by molar-refractivity contribution is 5.40. The lowest BCUT2D eigenvalue weighted by molar-refractivity contribution is 0.339. The Balaban J connectivity index is 2.42. The fourth-order valence-electron chi connectivity index (χ4n) is 2.22.